The highest BCUT2D eigenvalue weighted by atomic mass is 79.9. The summed E-state index contributed by atoms with van der Waals surface area (Å²) in [5, 5.41) is 18.9. The van der Waals surface area contributed by atoms with E-state index in [1.807, 2.05) is 0 Å². The first-order valence-electron chi connectivity index (χ1n) is 4.29. The van der Waals surface area contributed by atoms with Crippen molar-refractivity contribution >= 4 is 56.4 Å². The summed E-state index contributed by atoms with van der Waals surface area (Å²) in [4.78, 5) is 0. The molecular formula is C9H5BrCl2FN5. The Morgan fingerprint density at radius 1 is 1.61 bits per heavy atom. The molecule has 1 aromatic carbocycles. The largest absolute Gasteiger partial charge is 0.382 e. The van der Waals surface area contributed by atoms with Crippen LogP contribution < -0.4 is 11.2 Å². The molecule has 0 atom stereocenters. The first-order valence-corrected chi connectivity index (χ1v) is 5.84. The molecule has 1 aromatic rings. The third-order valence-electron chi connectivity index (χ3n) is 1.75. The number of nitrogens with one attached hydrogen (secondary N) is 2. The van der Waals surface area contributed by atoms with Gasteiger partial charge in [-0.25, -0.2) is 4.39 Å². The molecule has 94 valence electrons. The number of halogens is 4. The van der Waals surface area contributed by atoms with Gasteiger partial charge in [0.25, 0.3) is 0 Å². The standard InChI is InChI=1S/C9H5BrCl2FN5/c10-3-1-4(11)6(12)7(13)8(3)18-17-5(2-14)9(15)16/h1,18H,(H3,15,16)/b17-5+. The minimum atomic E-state index is -0.833. The summed E-state index contributed by atoms with van der Waals surface area (Å²) in [5.41, 5.74) is 6.85. The van der Waals surface area contributed by atoms with E-state index in [0.717, 1.165) is 0 Å². The van der Waals surface area contributed by atoms with Crippen molar-refractivity contribution in [1.29, 1.82) is 10.7 Å². The molecule has 0 aliphatic rings. The molecule has 0 unspecified atom stereocenters. The molecule has 0 aliphatic carbocycles. The van der Waals surface area contributed by atoms with Crippen molar-refractivity contribution in [3.63, 3.8) is 0 Å². The maximum atomic E-state index is 13.7. The normalized spacial score (nSPS) is 10.9. The number of nitrogens with two attached hydrogens (primary N) is 1. The first-order chi connectivity index (χ1) is 8.38. The monoisotopic (exact) mass is 351 g/mol. The summed E-state index contributed by atoms with van der Waals surface area (Å²) in [6.45, 7) is 0. The van der Waals surface area contributed by atoms with E-state index in [0.29, 0.717) is 0 Å². The molecule has 5 nitrogen and oxygen atoms in total. The van der Waals surface area contributed by atoms with Crippen molar-refractivity contribution < 1.29 is 4.39 Å². The second-order valence-corrected chi connectivity index (χ2v) is 4.58. The van der Waals surface area contributed by atoms with E-state index in [-0.39, 0.29) is 25.9 Å². The number of hydrogen-bond acceptors (Lipinski definition) is 4. The molecule has 0 heterocycles. The molecule has 0 spiro atoms. The third kappa shape index (κ3) is 3.10. The average Bonchev–Trinajstić information content (AvgIpc) is 2.30. The lowest BCUT2D eigenvalue weighted by molar-refractivity contribution is 0.630. The van der Waals surface area contributed by atoms with Gasteiger partial charge in [-0.15, -0.1) is 0 Å². The van der Waals surface area contributed by atoms with Gasteiger partial charge in [-0.1, -0.05) is 23.2 Å². The summed E-state index contributed by atoms with van der Waals surface area (Å²) >= 11 is 14.3. The van der Waals surface area contributed by atoms with Gasteiger partial charge < -0.3 is 5.73 Å². The number of rotatable bonds is 3. The van der Waals surface area contributed by atoms with Crippen LogP contribution in [0.5, 0.6) is 0 Å². The number of anilines is 1. The Hall–Kier alpha value is -1.36. The van der Waals surface area contributed by atoms with Crippen LogP contribution in [0.1, 0.15) is 0 Å². The molecule has 0 fully saturated rings. The molecule has 0 aromatic heterocycles. The van der Waals surface area contributed by atoms with E-state index in [1.54, 1.807) is 6.07 Å². The molecule has 9 heteroatoms. The van der Waals surface area contributed by atoms with E-state index in [2.05, 4.69) is 26.5 Å². The summed E-state index contributed by atoms with van der Waals surface area (Å²) in [7, 11) is 0. The van der Waals surface area contributed by atoms with Crippen molar-refractivity contribution in [2.75, 3.05) is 5.43 Å². The highest BCUT2D eigenvalue weighted by Crippen LogP contribution is 2.36. The van der Waals surface area contributed by atoms with Gasteiger partial charge in [-0.05, 0) is 22.0 Å². The predicted molar refractivity (Wildman–Crippen MR) is 72.7 cm³/mol. The highest BCUT2D eigenvalue weighted by Gasteiger charge is 2.15. The summed E-state index contributed by atoms with van der Waals surface area (Å²) in [6.07, 6.45) is 0. The molecule has 0 bridgehead atoms. The van der Waals surface area contributed by atoms with Gasteiger partial charge in [-0.2, -0.15) is 10.4 Å². The van der Waals surface area contributed by atoms with Gasteiger partial charge in [0.1, 0.15) is 11.8 Å². The van der Waals surface area contributed by atoms with Crippen LogP contribution in [0.4, 0.5) is 10.1 Å². The maximum Gasteiger partial charge on any atom is 0.201 e. The second kappa shape index (κ2) is 6.00. The van der Waals surface area contributed by atoms with Gasteiger partial charge in [0, 0.05) is 4.47 Å². The number of amidine groups is 1. The fourth-order valence-corrected chi connectivity index (χ4v) is 1.89. The molecular weight excluding hydrogens is 348 g/mol. The van der Waals surface area contributed by atoms with Crippen LogP contribution in [-0.4, -0.2) is 11.5 Å². The molecule has 0 saturated carbocycles. The van der Waals surface area contributed by atoms with Crippen molar-refractivity contribution in [2.24, 2.45) is 10.8 Å². The molecule has 0 radical (unpaired) electrons. The molecule has 1 rings (SSSR count). The molecule has 0 saturated heterocycles. The van der Waals surface area contributed by atoms with Crippen molar-refractivity contribution in [3.8, 4) is 6.07 Å². The van der Waals surface area contributed by atoms with E-state index in [9.17, 15) is 4.39 Å². The van der Waals surface area contributed by atoms with Crippen LogP contribution in [0.3, 0.4) is 0 Å². The highest BCUT2D eigenvalue weighted by molar-refractivity contribution is 9.10. The quantitative estimate of drug-likeness (QED) is 0.256. The summed E-state index contributed by atoms with van der Waals surface area (Å²) < 4.78 is 14.0. The maximum absolute atomic E-state index is 13.7. The van der Waals surface area contributed by atoms with Gasteiger partial charge in [0.2, 0.25) is 5.71 Å². The zero-order chi connectivity index (χ0) is 13.9. The number of hydrogen-bond donors (Lipinski definition) is 3. The Morgan fingerprint density at radius 2 is 2.22 bits per heavy atom. The van der Waals surface area contributed by atoms with Crippen molar-refractivity contribution in [2.45, 2.75) is 0 Å². The lowest BCUT2D eigenvalue weighted by Crippen LogP contribution is -2.22. The Labute approximate surface area is 120 Å². The predicted octanol–water partition coefficient (Wildman–Crippen LogP) is 3.12. The lowest BCUT2D eigenvalue weighted by atomic mass is 10.3. The van der Waals surface area contributed by atoms with Crippen LogP contribution in [0, 0.1) is 22.6 Å². The second-order valence-electron chi connectivity index (χ2n) is 2.94. The average molecular weight is 353 g/mol. The van der Waals surface area contributed by atoms with Gasteiger partial charge in [0.15, 0.2) is 11.7 Å². The Balaban J connectivity index is 3.18. The first kappa shape index (κ1) is 14.7. The summed E-state index contributed by atoms with van der Waals surface area (Å²) in [5.74, 6) is -1.37. The zero-order valence-corrected chi connectivity index (χ0v) is 11.7. The SMILES string of the molecule is N#C/C(=N\Nc1c(Br)cc(Cl)c(Cl)c1F)C(=N)N. The molecule has 0 aliphatic heterocycles. The van der Waals surface area contributed by atoms with E-state index < -0.39 is 11.7 Å². The minimum absolute atomic E-state index is 0.0302. The summed E-state index contributed by atoms with van der Waals surface area (Å²) in [6, 6.07) is 2.94. The number of nitrogens with zero attached hydrogens (tertiary/aromatic N) is 2. The minimum Gasteiger partial charge on any atom is -0.382 e. The van der Waals surface area contributed by atoms with Crippen LogP contribution in [0.25, 0.3) is 0 Å². The topological polar surface area (TPSA) is 98.0 Å². The number of nitriles is 1. The number of benzene rings is 1. The molecule has 0 amide bonds. The Bertz CT molecular complexity index is 581. The van der Waals surface area contributed by atoms with Crippen LogP contribution in [0.15, 0.2) is 15.6 Å². The lowest BCUT2D eigenvalue weighted by Gasteiger charge is -2.08. The van der Waals surface area contributed by atoms with Crippen LogP contribution in [0.2, 0.25) is 10.0 Å². The molecule has 4 N–H and O–H groups in total. The zero-order valence-electron chi connectivity index (χ0n) is 8.56. The van der Waals surface area contributed by atoms with Gasteiger partial charge in [-0.3, -0.25) is 10.8 Å². The third-order valence-corrected chi connectivity index (χ3v) is 3.14. The van der Waals surface area contributed by atoms with Gasteiger partial charge in [0.05, 0.1) is 10.0 Å². The van der Waals surface area contributed by atoms with Crippen LogP contribution >= 0.6 is 39.1 Å². The van der Waals surface area contributed by atoms with Crippen LogP contribution in [-0.2, 0) is 0 Å². The fraction of sp³-hybridized carbons (Fsp3) is 0. The van der Waals surface area contributed by atoms with E-state index in [4.69, 9.17) is 39.6 Å². The number of hydrazone groups is 1. The Morgan fingerprint density at radius 3 is 2.72 bits per heavy atom. The Kier molecular flexibility index (Phi) is 4.90. The molecule has 18 heavy (non-hydrogen) atoms. The van der Waals surface area contributed by atoms with Crippen molar-refractivity contribution in [3.05, 3.63) is 26.4 Å². The fourth-order valence-electron chi connectivity index (χ4n) is 0.926. The van der Waals surface area contributed by atoms with Crippen molar-refractivity contribution in [1.82, 2.24) is 0 Å². The van der Waals surface area contributed by atoms with E-state index >= 15 is 0 Å². The van der Waals surface area contributed by atoms with Gasteiger partial charge >= 0.3 is 0 Å². The smallest absolute Gasteiger partial charge is 0.201 e. The van der Waals surface area contributed by atoms with E-state index in [1.165, 1.54) is 6.07 Å².